The Morgan fingerprint density at radius 3 is 2.84 bits per heavy atom. The van der Waals surface area contributed by atoms with Gasteiger partial charge in [-0.25, -0.2) is 4.98 Å². The van der Waals surface area contributed by atoms with Crippen LogP contribution in [0.25, 0.3) is 0 Å². The molecule has 0 fully saturated rings. The van der Waals surface area contributed by atoms with Gasteiger partial charge in [0.05, 0.1) is 20.8 Å². The number of halogens is 2. The Balaban J connectivity index is 2.23. The molecule has 19 heavy (non-hydrogen) atoms. The maximum Gasteiger partial charge on any atom is 0.276 e. The molecule has 0 radical (unpaired) electrons. The first-order chi connectivity index (χ1) is 8.95. The van der Waals surface area contributed by atoms with E-state index in [1.54, 1.807) is 11.3 Å². The largest absolute Gasteiger partial charge is 0.355 e. The molecule has 0 aliphatic heterocycles. The number of pyridine rings is 1. The van der Waals surface area contributed by atoms with Crippen LogP contribution in [-0.2, 0) is 6.54 Å². The maximum absolute atomic E-state index is 10.8. The molecule has 0 N–H and O–H groups in total. The molecule has 100 valence electrons. The average molecular weight is 363 g/mol. The SMILES string of the molecule is CN(Cc1csc(Br)c1)c1cc([N+](=O)[O-])cc(Cl)n1. The summed E-state index contributed by atoms with van der Waals surface area (Å²) < 4.78 is 1.04. The number of nitrogens with zero attached hydrogens (tertiary/aromatic N) is 3. The van der Waals surface area contributed by atoms with Crippen molar-refractivity contribution in [3.63, 3.8) is 0 Å². The Labute approximate surface area is 127 Å². The van der Waals surface area contributed by atoms with Gasteiger partial charge in [0.15, 0.2) is 0 Å². The van der Waals surface area contributed by atoms with E-state index >= 15 is 0 Å². The quantitative estimate of drug-likeness (QED) is 0.467. The van der Waals surface area contributed by atoms with Gasteiger partial charge in [-0.2, -0.15) is 0 Å². The van der Waals surface area contributed by atoms with E-state index in [0.29, 0.717) is 12.4 Å². The lowest BCUT2D eigenvalue weighted by Crippen LogP contribution is -2.17. The highest BCUT2D eigenvalue weighted by Gasteiger charge is 2.13. The number of rotatable bonds is 4. The van der Waals surface area contributed by atoms with Crippen LogP contribution in [0.15, 0.2) is 27.4 Å². The van der Waals surface area contributed by atoms with Crippen molar-refractivity contribution in [2.75, 3.05) is 11.9 Å². The highest BCUT2D eigenvalue weighted by Crippen LogP contribution is 2.26. The average Bonchev–Trinajstić information content (AvgIpc) is 2.73. The molecular weight excluding hydrogens is 354 g/mol. The van der Waals surface area contributed by atoms with Crippen LogP contribution in [0.2, 0.25) is 5.15 Å². The zero-order chi connectivity index (χ0) is 14.0. The van der Waals surface area contributed by atoms with Crippen LogP contribution in [0, 0.1) is 10.1 Å². The molecule has 5 nitrogen and oxygen atoms in total. The molecule has 0 aliphatic rings. The minimum absolute atomic E-state index is 0.0617. The van der Waals surface area contributed by atoms with Crippen LogP contribution < -0.4 is 4.90 Å². The van der Waals surface area contributed by atoms with Gasteiger partial charge in [-0.15, -0.1) is 11.3 Å². The first-order valence-corrected chi connectivity index (χ1v) is 7.27. The van der Waals surface area contributed by atoms with E-state index in [2.05, 4.69) is 20.9 Å². The van der Waals surface area contributed by atoms with Crippen molar-refractivity contribution in [3.05, 3.63) is 48.2 Å². The van der Waals surface area contributed by atoms with Gasteiger partial charge in [-0.3, -0.25) is 10.1 Å². The molecule has 0 amide bonds. The Kier molecular flexibility index (Phi) is 4.38. The minimum atomic E-state index is -0.480. The summed E-state index contributed by atoms with van der Waals surface area (Å²) >= 11 is 10.8. The van der Waals surface area contributed by atoms with Crippen LogP contribution in [0.1, 0.15) is 5.56 Å². The second kappa shape index (κ2) is 5.85. The first kappa shape index (κ1) is 14.2. The highest BCUT2D eigenvalue weighted by molar-refractivity contribution is 9.11. The fraction of sp³-hybridized carbons (Fsp3) is 0.182. The Morgan fingerprint density at radius 1 is 1.53 bits per heavy atom. The van der Waals surface area contributed by atoms with Gasteiger partial charge in [0.1, 0.15) is 11.0 Å². The summed E-state index contributed by atoms with van der Waals surface area (Å²) in [5.74, 6) is 0.474. The third kappa shape index (κ3) is 3.65. The van der Waals surface area contributed by atoms with E-state index in [4.69, 9.17) is 11.6 Å². The van der Waals surface area contributed by atoms with Gasteiger partial charge >= 0.3 is 0 Å². The summed E-state index contributed by atoms with van der Waals surface area (Å²) in [4.78, 5) is 16.2. The monoisotopic (exact) mass is 361 g/mol. The fourth-order valence-electron chi connectivity index (χ4n) is 1.55. The molecule has 0 aromatic carbocycles. The summed E-state index contributed by atoms with van der Waals surface area (Å²) in [6.45, 7) is 0.604. The molecule has 2 aromatic rings. The number of hydrogen-bond donors (Lipinski definition) is 0. The third-order valence-electron chi connectivity index (χ3n) is 2.41. The van der Waals surface area contributed by atoms with Crippen molar-refractivity contribution >= 4 is 50.4 Å². The Hall–Kier alpha value is -1.18. The van der Waals surface area contributed by atoms with Crippen molar-refractivity contribution in [2.45, 2.75) is 6.54 Å². The van der Waals surface area contributed by atoms with Crippen LogP contribution >= 0.6 is 38.9 Å². The van der Waals surface area contributed by atoms with Crippen molar-refractivity contribution < 1.29 is 4.92 Å². The summed E-state index contributed by atoms with van der Waals surface area (Å²) in [5.41, 5.74) is 1.04. The van der Waals surface area contributed by atoms with E-state index in [-0.39, 0.29) is 10.8 Å². The molecule has 0 aliphatic carbocycles. The normalized spacial score (nSPS) is 10.5. The number of thiophene rings is 1. The van der Waals surface area contributed by atoms with Crippen LogP contribution in [-0.4, -0.2) is 17.0 Å². The Morgan fingerprint density at radius 2 is 2.26 bits per heavy atom. The molecule has 2 heterocycles. The number of nitro groups is 1. The molecule has 2 aromatic heterocycles. The maximum atomic E-state index is 10.8. The molecule has 0 unspecified atom stereocenters. The van der Waals surface area contributed by atoms with Gasteiger partial charge in [0, 0.05) is 13.6 Å². The van der Waals surface area contributed by atoms with Crippen molar-refractivity contribution in [1.29, 1.82) is 0 Å². The highest BCUT2D eigenvalue weighted by atomic mass is 79.9. The Bertz CT molecular complexity index is 620. The zero-order valence-corrected chi connectivity index (χ0v) is 13.0. The molecule has 0 saturated carbocycles. The molecule has 0 atom stereocenters. The topological polar surface area (TPSA) is 59.3 Å². The van der Waals surface area contributed by atoms with Crippen molar-refractivity contribution in [1.82, 2.24) is 4.98 Å². The predicted octanol–water partition coefficient (Wildman–Crippen LogP) is 4.10. The number of hydrogen-bond acceptors (Lipinski definition) is 5. The van der Waals surface area contributed by atoms with Crippen LogP contribution in [0.5, 0.6) is 0 Å². The lowest BCUT2D eigenvalue weighted by Gasteiger charge is -2.17. The third-order valence-corrected chi connectivity index (χ3v) is 4.16. The summed E-state index contributed by atoms with van der Waals surface area (Å²) in [7, 11) is 1.81. The van der Waals surface area contributed by atoms with E-state index < -0.39 is 4.92 Å². The molecule has 0 bridgehead atoms. The summed E-state index contributed by atoms with van der Waals surface area (Å²) in [5, 5.41) is 12.9. The predicted molar refractivity (Wildman–Crippen MR) is 80.0 cm³/mol. The lowest BCUT2D eigenvalue weighted by atomic mass is 10.3. The van der Waals surface area contributed by atoms with E-state index in [0.717, 1.165) is 9.35 Å². The standard InChI is InChI=1S/C11H9BrClN3O2S/c1-15(5-7-2-9(12)19-6-7)11-4-8(16(17)18)3-10(13)14-11/h2-4,6H,5H2,1H3. The van der Waals surface area contributed by atoms with Gasteiger partial charge in [0.25, 0.3) is 5.69 Å². The smallest absolute Gasteiger partial charge is 0.276 e. The number of aromatic nitrogens is 1. The zero-order valence-electron chi connectivity index (χ0n) is 9.84. The van der Waals surface area contributed by atoms with Crippen molar-refractivity contribution in [3.8, 4) is 0 Å². The lowest BCUT2D eigenvalue weighted by molar-refractivity contribution is -0.384. The summed E-state index contributed by atoms with van der Waals surface area (Å²) in [6.07, 6.45) is 0. The second-order valence-corrected chi connectivity index (χ2v) is 6.56. The van der Waals surface area contributed by atoms with E-state index in [1.165, 1.54) is 12.1 Å². The van der Waals surface area contributed by atoms with Crippen LogP contribution in [0.4, 0.5) is 11.5 Å². The first-order valence-electron chi connectivity index (χ1n) is 5.22. The van der Waals surface area contributed by atoms with Crippen LogP contribution in [0.3, 0.4) is 0 Å². The molecule has 8 heteroatoms. The van der Waals surface area contributed by atoms with Gasteiger partial charge in [0.2, 0.25) is 0 Å². The van der Waals surface area contributed by atoms with Gasteiger partial charge < -0.3 is 4.90 Å². The minimum Gasteiger partial charge on any atom is -0.355 e. The van der Waals surface area contributed by atoms with E-state index in [1.807, 2.05) is 23.4 Å². The second-order valence-electron chi connectivity index (χ2n) is 3.88. The summed E-state index contributed by atoms with van der Waals surface area (Å²) in [6, 6.07) is 4.65. The molecule has 0 saturated heterocycles. The van der Waals surface area contributed by atoms with Crippen molar-refractivity contribution in [2.24, 2.45) is 0 Å². The number of anilines is 1. The molecule has 2 rings (SSSR count). The fourth-order valence-corrected chi connectivity index (χ4v) is 2.95. The molecule has 0 spiro atoms. The van der Waals surface area contributed by atoms with E-state index in [9.17, 15) is 10.1 Å². The van der Waals surface area contributed by atoms with Gasteiger partial charge in [-0.05, 0) is 32.9 Å². The van der Waals surface area contributed by atoms with Gasteiger partial charge in [-0.1, -0.05) is 11.6 Å². The molecular formula is C11H9BrClN3O2S.